The highest BCUT2D eigenvalue weighted by Crippen LogP contribution is 2.41. The first-order valence-corrected chi connectivity index (χ1v) is 18.4. The predicted octanol–water partition coefficient (Wildman–Crippen LogP) is 11.1. The number of hydrogen-bond donors (Lipinski definition) is 0. The zero-order valence-corrected chi connectivity index (χ0v) is 26.7. The van der Waals surface area contributed by atoms with Crippen molar-refractivity contribution in [3.63, 3.8) is 0 Å². The molecular weight excluding hydrogens is 527 g/mol. The summed E-state index contributed by atoms with van der Waals surface area (Å²) in [4.78, 5) is 4.78. The largest absolute Gasteiger partial charge is 0.455 e. The number of nitrogens with zero attached hydrogens (tertiary/aromatic N) is 1. The van der Waals surface area contributed by atoms with Crippen molar-refractivity contribution < 1.29 is 8.53 Å². The zero-order valence-electron chi connectivity index (χ0n) is 28.7. The van der Waals surface area contributed by atoms with Crippen LogP contribution in [0, 0.1) is 6.85 Å². The van der Waals surface area contributed by atoms with E-state index in [1.807, 2.05) is 36.4 Å². The fourth-order valence-corrected chi connectivity index (χ4v) is 7.14. The van der Waals surface area contributed by atoms with Gasteiger partial charge >= 0.3 is 0 Å². The summed E-state index contributed by atoms with van der Waals surface area (Å²) >= 11 is 0. The number of pyridine rings is 1. The molecule has 0 fully saturated rings. The van der Waals surface area contributed by atoms with Crippen molar-refractivity contribution in [2.45, 2.75) is 66.0 Å². The molecule has 2 nitrogen and oxygen atoms in total. The summed E-state index contributed by atoms with van der Waals surface area (Å²) < 4.78 is 32.1. The molecule has 6 rings (SSSR count). The average molecular weight is 571 g/mol. The maximum absolute atomic E-state index is 8.51. The SMILES string of the molecule is [2H]C([2H])([2H])c1cnc(-c2cccc3c2oc2cc(-c4ccccc4)ccc23)cc1-c1c(C(C)C)cc([Si](C)(C)C)cc1C(C)C. The Hall–Kier alpha value is -3.95. The number of aromatic nitrogens is 1. The first-order valence-electron chi connectivity index (χ1n) is 16.4. The number of furan rings is 1. The lowest BCUT2D eigenvalue weighted by atomic mass is 9.83. The highest BCUT2D eigenvalue weighted by Gasteiger charge is 2.25. The third kappa shape index (κ3) is 5.01. The number of hydrogen-bond acceptors (Lipinski definition) is 2. The van der Waals surface area contributed by atoms with Crippen LogP contribution in [0.3, 0.4) is 0 Å². The summed E-state index contributed by atoms with van der Waals surface area (Å²) in [5.74, 6) is 0.431. The van der Waals surface area contributed by atoms with E-state index in [0.717, 1.165) is 49.8 Å². The molecule has 0 atom stereocenters. The van der Waals surface area contributed by atoms with E-state index in [9.17, 15) is 0 Å². The summed E-state index contributed by atoms with van der Waals surface area (Å²) in [5, 5.41) is 3.44. The number of rotatable bonds is 6. The van der Waals surface area contributed by atoms with Gasteiger partial charge in [-0.05, 0) is 81.9 Å². The first kappa shape index (κ1) is 24.6. The highest BCUT2D eigenvalue weighted by molar-refractivity contribution is 6.88. The molecule has 6 aromatic rings. The van der Waals surface area contributed by atoms with Crippen molar-refractivity contribution in [2.24, 2.45) is 0 Å². The van der Waals surface area contributed by atoms with Crippen LogP contribution in [0.1, 0.15) is 60.3 Å². The van der Waals surface area contributed by atoms with Crippen molar-refractivity contribution >= 4 is 35.2 Å². The minimum atomic E-state index is -2.32. The minimum absolute atomic E-state index is 0.215. The summed E-state index contributed by atoms with van der Waals surface area (Å²) in [6, 6.07) is 29.4. The van der Waals surface area contributed by atoms with E-state index in [2.05, 4.69) is 95.9 Å². The van der Waals surface area contributed by atoms with Crippen molar-refractivity contribution in [1.82, 2.24) is 4.98 Å². The van der Waals surface area contributed by atoms with Crippen LogP contribution < -0.4 is 5.19 Å². The summed E-state index contributed by atoms with van der Waals surface area (Å²) in [6.07, 6.45) is 1.56. The molecular formula is C39H41NOSi. The molecule has 42 heavy (non-hydrogen) atoms. The van der Waals surface area contributed by atoms with Crippen LogP contribution in [0.5, 0.6) is 0 Å². The normalized spacial score (nSPS) is 13.6. The molecule has 0 saturated carbocycles. The maximum Gasteiger partial charge on any atom is 0.144 e. The minimum Gasteiger partial charge on any atom is -0.455 e. The van der Waals surface area contributed by atoms with Crippen LogP contribution >= 0.6 is 0 Å². The van der Waals surface area contributed by atoms with Crippen molar-refractivity contribution in [2.75, 3.05) is 0 Å². The third-order valence-electron chi connectivity index (χ3n) is 8.36. The van der Waals surface area contributed by atoms with Gasteiger partial charge in [-0.25, -0.2) is 0 Å². The van der Waals surface area contributed by atoms with Gasteiger partial charge in [0.15, 0.2) is 0 Å². The second-order valence-electron chi connectivity index (χ2n) is 13.1. The monoisotopic (exact) mass is 570 g/mol. The first-order chi connectivity index (χ1) is 21.2. The number of aryl methyl sites for hydroxylation is 1. The van der Waals surface area contributed by atoms with Crippen LogP contribution in [0.25, 0.3) is 55.4 Å². The van der Waals surface area contributed by atoms with Crippen LogP contribution in [-0.2, 0) is 0 Å². The number of benzene rings is 4. The highest BCUT2D eigenvalue weighted by atomic mass is 28.3. The van der Waals surface area contributed by atoms with Gasteiger partial charge in [0.25, 0.3) is 0 Å². The van der Waals surface area contributed by atoms with Gasteiger partial charge in [-0.2, -0.15) is 0 Å². The Morgan fingerprint density at radius 2 is 1.43 bits per heavy atom. The topological polar surface area (TPSA) is 26.0 Å². The van der Waals surface area contributed by atoms with Crippen LogP contribution in [0.15, 0.2) is 95.5 Å². The van der Waals surface area contributed by atoms with Crippen molar-refractivity contribution in [3.05, 3.63) is 108 Å². The molecule has 0 amide bonds. The van der Waals surface area contributed by atoms with Gasteiger partial charge in [0, 0.05) is 26.6 Å². The van der Waals surface area contributed by atoms with Gasteiger partial charge in [0.2, 0.25) is 0 Å². The van der Waals surface area contributed by atoms with Crippen LogP contribution in [0.2, 0.25) is 19.6 Å². The number of para-hydroxylation sites is 1. The molecule has 4 aromatic carbocycles. The predicted molar refractivity (Wildman–Crippen MR) is 184 cm³/mol. The second-order valence-corrected chi connectivity index (χ2v) is 18.1. The van der Waals surface area contributed by atoms with Gasteiger partial charge in [0.1, 0.15) is 11.2 Å². The molecule has 2 aromatic heterocycles. The fraction of sp³-hybridized carbons (Fsp3) is 0.256. The maximum atomic E-state index is 8.51. The lowest BCUT2D eigenvalue weighted by molar-refractivity contribution is 0.670. The standard InChI is InChI=1S/C39H41NOSi/c1-24(2)33-20-29(42(6,7)8)21-34(25(3)4)38(33)35-22-36(40-23-26(35)5)32-16-12-15-31-30-18-17-28(19-37(30)41-39(31)32)27-13-10-9-11-14-27/h9-25H,1-8H3/i5D3. The van der Waals surface area contributed by atoms with E-state index in [4.69, 9.17) is 13.5 Å². The number of fused-ring (bicyclic) bond motifs is 3. The van der Waals surface area contributed by atoms with E-state index in [1.54, 1.807) is 6.20 Å². The van der Waals surface area contributed by atoms with Crippen molar-refractivity contribution in [1.29, 1.82) is 0 Å². The van der Waals surface area contributed by atoms with Crippen LogP contribution in [0.4, 0.5) is 0 Å². The summed E-state index contributed by atoms with van der Waals surface area (Å²) in [6.45, 7) is 13.6. The Bertz CT molecular complexity index is 2000. The second kappa shape index (κ2) is 10.7. The Balaban J connectivity index is 1.61. The van der Waals surface area contributed by atoms with Gasteiger partial charge in [-0.3, -0.25) is 4.98 Å². The Kier molecular flexibility index (Phi) is 6.28. The lowest BCUT2D eigenvalue weighted by Gasteiger charge is -2.27. The third-order valence-corrected chi connectivity index (χ3v) is 10.4. The van der Waals surface area contributed by atoms with E-state index in [-0.39, 0.29) is 17.4 Å². The lowest BCUT2D eigenvalue weighted by Crippen LogP contribution is -2.38. The molecule has 0 aliphatic carbocycles. The molecule has 0 aliphatic rings. The zero-order chi connectivity index (χ0) is 32.3. The summed E-state index contributed by atoms with van der Waals surface area (Å²) in [7, 11) is -1.63. The van der Waals surface area contributed by atoms with Crippen molar-refractivity contribution in [3.8, 4) is 33.5 Å². The smallest absolute Gasteiger partial charge is 0.144 e. The van der Waals surface area contributed by atoms with Gasteiger partial charge in [0.05, 0.1) is 13.8 Å². The Morgan fingerprint density at radius 3 is 2.07 bits per heavy atom. The van der Waals surface area contributed by atoms with Gasteiger partial charge in [-0.15, -0.1) is 0 Å². The quantitative estimate of drug-likeness (QED) is 0.186. The van der Waals surface area contributed by atoms with E-state index in [0.29, 0.717) is 5.69 Å². The molecule has 3 heteroatoms. The molecule has 0 aliphatic heterocycles. The molecule has 0 N–H and O–H groups in total. The Morgan fingerprint density at radius 1 is 0.714 bits per heavy atom. The molecule has 0 bridgehead atoms. The molecule has 0 unspecified atom stereocenters. The van der Waals surface area contributed by atoms with E-state index in [1.165, 1.54) is 16.3 Å². The average Bonchev–Trinajstić information content (AvgIpc) is 3.37. The van der Waals surface area contributed by atoms with Crippen LogP contribution in [-0.4, -0.2) is 13.1 Å². The Labute approximate surface area is 255 Å². The summed E-state index contributed by atoms with van der Waals surface area (Å²) in [5.41, 5.74) is 9.75. The van der Waals surface area contributed by atoms with Gasteiger partial charge in [-0.1, -0.05) is 113 Å². The van der Waals surface area contributed by atoms with E-state index < -0.39 is 14.9 Å². The molecule has 0 radical (unpaired) electrons. The fourth-order valence-electron chi connectivity index (χ4n) is 5.96. The molecule has 0 spiro atoms. The molecule has 0 saturated heterocycles. The van der Waals surface area contributed by atoms with E-state index >= 15 is 0 Å². The molecule has 212 valence electrons. The van der Waals surface area contributed by atoms with Gasteiger partial charge < -0.3 is 4.42 Å². The molecule has 2 heterocycles.